The smallest absolute Gasteiger partial charge is 0.331 e. The summed E-state index contributed by atoms with van der Waals surface area (Å²) in [6, 6.07) is 7.88. The van der Waals surface area contributed by atoms with E-state index in [1.165, 1.54) is 7.11 Å². The molecule has 1 aromatic carbocycles. The van der Waals surface area contributed by atoms with Gasteiger partial charge in [0.1, 0.15) is 11.3 Å². The summed E-state index contributed by atoms with van der Waals surface area (Å²) in [6.07, 6.45) is 1.53. The number of methoxy groups -OCH3 is 1. The predicted molar refractivity (Wildman–Crippen MR) is 73.1 cm³/mol. The number of benzene rings is 1. The van der Waals surface area contributed by atoms with Crippen molar-refractivity contribution >= 4 is 5.97 Å². The van der Waals surface area contributed by atoms with Crippen molar-refractivity contribution in [1.82, 2.24) is 5.32 Å². The molecule has 0 bridgehead atoms. The van der Waals surface area contributed by atoms with Gasteiger partial charge in [-0.2, -0.15) is 0 Å². The van der Waals surface area contributed by atoms with Crippen LogP contribution in [-0.2, 0) is 15.1 Å². The van der Waals surface area contributed by atoms with Crippen molar-refractivity contribution in [3.05, 3.63) is 29.8 Å². The Morgan fingerprint density at radius 2 is 2.26 bits per heavy atom. The molecule has 1 aliphatic heterocycles. The van der Waals surface area contributed by atoms with E-state index >= 15 is 0 Å². The molecule has 0 amide bonds. The van der Waals surface area contributed by atoms with Gasteiger partial charge in [0, 0.05) is 18.0 Å². The van der Waals surface area contributed by atoms with E-state index in [-0.39, 0.29) is 12.0 Å². The minimum atomic E-state index is -0.793. The number of hydrogen-bond donors (Lipinski definition) is 1. The molecule has 1 N–H and O–H groups in total. The van der Waals surface area contributed by atoms with Crippen molar-refractivity contribution in [1.29, 1.82) is 0 Å². The summed E-state index contributed by atoms with van der Waals surface area (Å²) in [4.78, 5) is 12.4. The van der Waals surface area contributed by atoms with Crippen molar-refractivity contribution in [2.45, 2.75) is 38.3 Å². The maximum Gasteiger partial charge on any atom is 0.331 e. The molecule has 2 unspecified atom stereocenters. The second-order valence-corrected chi connectivity index (χ2v) is 4.95. The summed E-state index contributed by atoms with van der Waals surface area (Å²) in [6.45, 7) is 4.67. The zero-order valence-corrected chi connectivity index (χ0v) is 11.7. The van der Waals surface area contributed by atoms with E-state index in [1.807, 2.05) is 24.3 Å². The number of ether oxygens (including phenoxy) is 2. The molecular weight excluding hydrogens is 242 g/mol. The van der Waals surface area contributed by atoms with Crippen LogP contribution in [0.5, 0.6) is 5.75 Å². The van der Waals surface area contributed by atoms with Crippen LogP contribution in [0.3, 0.4) is 0 Å². The van der Waals surface area contributed by atoms with Gasteiger partial charge in [-0.05, 0) is 19.4 Å². The number of carbonyl (C=O) groups excluding carboxylic acids is 1. The third-order valence-electron chi connectivity index (χ3n) is 3.72. The molecule has 4 nitrogen and oxygen atoms in total. The van der Waals surface area contributed by atoms with Crippen LogP contribution in [0.1, 0.15) is 32.3 Å². The van der Waals surface area contributed by atoms with Gasteiger partial charge in [0.25, 0.3) is 0 Å². The van der Waals surface area contributed by atoms with Crippen LogP contribution in [-0.4, -0.2) is 25.7 Å². The minimum absolute atomic E-state index is 0.227. The largest absolute Gasteiger partial charge is 0.493 e. The van der Waals surface area contributed by atoms with Crippen LogP contribution in [0, 0.1) is 0 Å². The fourth-order valence-electron chi connectivity index (χ4n) is 2.51. The average molecular weight is 263 g/mol. The summed E-state index contributed by atoms with van der Waals surface area (Å²) in [7, 11) is 1.43. The van der Waals surface area contributed by atoms with Crippen molar-refractivity contribution < 1.29 is 14.3 Å². The van der Waals surface area contributed by atoms with Crippen molar-refractivity contribution in [3.8, 4) is 5.75 Å². The standard InChI is InChI=1S/C15H21NO3/c1-4-11(2)16-15(14(17)18-3)9-10-19-13-8-6-5-7-12(13)15/h5-8,11,16H,4,9-10H2,1-3H3. The predicted octanol–water partition coefficient (Wildman–Crippen LogP) is 2.23. The van der Waals surface area contributed by atoms with E-state index in [1.54, 1.807) is 0 Å². The number of rotatable bonds is 4. The number of esters is 1. The molecule has 104 valence electrons. The first-order valence-electron chi connectivity index (χ1n) is 6.72. The van der Waals surface area contributed by atoms with Gasteiger partial charge in [-0.15, -0.1) is 0 Å². The third kappa shape index (κ3) is 2.45. The molecule has 2 atom stereocenters. The van der Waals surface area contributed by atoms with Gasteiger partial charge >= 0.3 is 5.97 Å². The molecule has 0 saturated heterocycles. The molecule has 4 heteroatoms. The second kappa shape index (κ2) is 5.61. The van der Waals surface area contributed by atoms with Gasteiger partial charge in [-0.3, -0.25) is 5.32 Å². The average Bonchev–Trinajstić information content (AvgIpc) is 2.46. The van der Waals surface area contributed by atoms with Crippen LogP contribution in [0.15, 0.2) is 24.3 Å². The molecule has 1 aromatic rings. The second-order valence-electron chi connectivity index (χ2n) is 4.95. The quantitative estimate of drug-likeness (QED) is 0.846. The monoisotopic (exact) mass is 263 g/mol. The number of para-hydroxylation sites is 1. The zero-order chi connectivity index (χ0) is 13.9. The van der Waals surface area contributed by atoms with Crippen LogP contribution < -0.4 is 10.1 Å². The fraction of sp³-hybridized carbons (Fsp3) is 0.533. The first-order valence-corrected chi connectivity index (χ1v) is 6.72. The van der Waals surface area contributed by atoms with E-state index in [2.05, 4.69) is 19.2 Å². The van der Waals surface area contributed by atoms with E-state index in [0.717, 1.165) is 17.7 Å². The summed E-state index contributed by atoms with van der Waals surface area (Å²) in [5, 5.41) is 3.43. The van der Waals surface area contributed by atoms with Gasteiger partial charge in [0.05, 0.1) is 13.7 Å². The van der Waals surface area contributed by atoms with Crippen LogP contribution in [0.25, 0.3) is 0 Å². The lowest BCUT2D eigenvalue weighted by atomic mass is 9.83. The molecule has 0 fully saturated rings. The minimum Gasteiger partial charge on any atom is -0.493 e. The van der Waals surface area contributed by atoms with E-state index < -0.39 is 5.54 Å². The number of nitrogens with one attached hydrogen (secondary N) is 1. The molecule has 0 aliphatic carbocycles. The van der Waals surface area contributed by atoms with Crippen molar-refractivity contribution in [3.63, 3.8) is 0 Å². The Balaban J connectivity index is 2.47. The molecule has 19 heavy (non-hydrogen) atoms. The molecular formula is C15H21NO3. The Morgan fingerprint density at radius 3 is 2.95 bits per heavy atom. The van der Waals surface area contributed by atoms with Gasteiger partial charge in [0.2, 0.25) is 0 Å². The van der Waals surface area contributed by atoms with Gasteiger partial charge in [0.15, 0.2) is 0 Å². The van der Waals surface area contributed by atoms with Crippen molar-refractivity contribution in [2.75, 3.05) is 13.7 Å². The normalized spacial score (nSPS) is 23.1. The topological polar surface area (TPSA) is 47.6 Å². The van der Waals surface area contributed by atoms with E-state index in [4.69, 9.17) is 9.47 Å². The van der Waals surface area contributed by atoms with Gasteiger partial charge in [-0.25, -0.2) is 4.79 Å². The first-order chi connectivity index (χ1) is 9.14. The SMILES string of the molecule is CCC(C)NC1(C(=O)OC)CCOc2ccccc21. The van der Waals surface area contributed by atoms with Crippen molar-refractivity contribution in [2.24, 2.45) is 0 Å². The fourth-order valence-corrected chi connectivity index (χ4v) is 2.51. The lowest BCUT2D eigenvalue weighted by molar-refractivity contribution is -0.151. The Morgan fingerprint density at radius 1 is 1.53 bits per heavy atom. The molecule has 2 rings (SSSR count). The van der Waals surface area contributed by atoms with Gasteiger partial charge in [-0.1, -0.05) is 25.1 Å². The lowest BCUT2D eigenvalue weighted by Gasteiger charge is -2.39. The number of fused-ring (bicyclic) bond motifs is 1. The van der Waals surface area contributed by atoms with Gasteiger partial charge < -0.3 is 9.47 Å². The number of hydrogen-bond acceptors (Lipinski definition) is 4. The Bertz CT molecular complexity index is 460. The summed E-state index contributed by atoms with van der Waals surface area (Å²) in [5.74, 6) is 0.513. The Kier molecular flexibility index (Phi) is 4.10. The highest BCUT2D eigenvalue weighted by Gasteiger charge is 2.46. The Labute approximate surface area is 114 Å². The molecule has 1 heterocycles. The van der Waals surface area contributed by atoms with E-state index in [0.29, 0.717) is 13.0 Å². The summed E-state index contributed by atoms with van der Waals surface area (Å²) >= 11 is 0. The molecule has 0 spiro atoms. The summed E-state index contributed by atoms with van der Waals surface area (Å²) < 4.78 is 10.7. The highest BCUT2D eigenvalue weighted by molar-refractivity contribution is 5.84. The molecule has 0 aromatic heterocycles. The third-order valence-corrected chi connectivity index (χ3v) is 3.72. The van der Waals surface area contributed by atoms with E-state index in [9.17, 15) is 4.79 Å². The molecule has 0 radical (unpaired) electrons. The Hall–Kier alpha value is -1.55. The van der Waals surface area contributed by atoms with Crippen LogP contribution >= 0.6 is 0 Å². The first kappa shape index (κ1) is 13.9. The number of carbonyl (C=O) groups is 1. The highest BCUT2D eigenvalue weighted by atomic mass is 16.5. The highest BCUT2D eigenvalue weighted by Crippen LogP contribution is 2.38. The molecule has 1 aliphatic rings. The van der Waals surface area contributed by atoms with Crippen LogP contribution in [0.4, 0.5) is 0 Å². The maximum absolute atomic E-state index is 12.4. The summed E-state index contributed by atoms with van der Waals surface area (Å²) in [5.41, 5.74) is 0.0763. The molecule has 0 saturated carbocycles. The zero-order valence-electron chi connectivity index (χ0n) is 11.7. The maximum atomic E-state index is 12.4. The lowest BCUT2D eigenvalue weighted by Crippen LogP contribution is -2.55. The van der Waals surface area contributed by atoms with Crippen LogP contribution in [0.2, 0.25) is 0 Å².